The Kier molecular flexibility index (Phi) is 6.59. The van der Waals surface area contributed by atoms with Crippen LogP contribution in [0.4, 0.5) is 0 Å². The van der Waals surface area contributed by atoms with Gasteiger partial charge in [0.05, 0.1) is 22.7 Å². The zero-order valence-corrected chi connectivity index (χ0v) is 19.2. The number of halogens is 1. The summed E-state index contributed by atoms with van der Waals surface area (Å²) in [5, 5.41) is 51.9. The van der Waals surface area contributed by atoms with Gasteiger partial charge < -0.3 is 34.8 Å². The summed E-state index contributed by atoms with van der Waals surface area (Å²) in [7, 11) is 0. The van der Waals surface area contributed by atoms with Crippen LogP contribution < -0.4 is 0 Å². The number of aliphatic hydroxyl groups is 5. The second-order valence-electron chi connectivity index (χ2n) is 8.44. The van der Waals surface area contributed by atoms with Crippen molar-refractivity contribution in [2.24, 2.45) is 0 Å². The van der Waals surface area contributed by atoms with E-state index in [1.807, 2.05) is 30.3 Å². The van der Waals surface area contributed by atoms with Crippen LogP contribution in [-0.2, 0) is 10.3 Å². The van der Waals surface area contributed by atoms with Crippen LogP contribution in [0.2, 0.25) is 5.02 Å². The first-order valence-corrected chi connectivity index (χ1v) is 11.4. The zero-order valence-electron chi connectivity index (χ0n) is 17.6. The van der Waals surface area contributed by atoms with Gasteiger partial charge in [-0.05, 0) is 43.7 Å². The number of aromatic nitrogens is 1. The summed E-state index contributed by atoms with van der Waals surface area (Å²) in [6.45, 7) is 2.95. The first-order valence-electron chi connectivity index (χ1n) is 10.2. The van der Waals surface area contributed by atoms with E-state index in [9.17, 15) is 25.5 Å². The largest absolute Gasteiger partial charge is 0.394 e. The van der Waals surface area contributed by atoms with Gasteiger partial charge in [0.2, 0.25) is 0 Å². The number of ether oxygens (including phenoxy) is 1. The van der Waals surface area contributed by atoms with Gasteiger partial charge in [-0.25, -0.2) is 0 Å². The minimum Gasteiger partial charge on any atom is -0.394 e. The van der Waals surface area contributed by atoms with Crippen molar-refractivity contribution in [3.8, 4) is 0 Å². The van der Waals surface area contributed by atoms with E-state index >= 15 is 0 Å². The minimum atomic E-state index is -1.48. The minimum absolute atomic E-state index is 0.503. The van der Waals surface area contributed by atoms with E-state index in [1.54, 1.807) is 36.7 Å². The molecule has 7 nitrogen and oxygen atoms in total. The molecule has 2 heterocycles. The molecule has 4 rings (SSSR count). The standard InChI is InChI=1S/C23H26ClNO6S/c1-23(2,30)12-6-8-13(9-7-12)32-17-10-25(15-5-3-4-14(24)18(15)17)22-21(29)20(28)19(27)16(11-26)31-22/h3-10,16,19-22,26-30H,11H2,1-2H3/t16-,19-,20+,21-,22-/m1/s1. The molecule has 0 amide bonds. The van der Waals surface area contributed by atoms with Gasteiger partial charge in [0.25, 0.3) is 0 Å². The molecule has 2 aromatic carbocycles. The Bertz CT molecular complexity index is 1090. The van der Waals surface area contributed by atoms with Crippen LogP contribution in [0.15, 0.2) is 58.5 Å². The third kappa shape index (κ3) is 4.30. The number of hydrogen-bond donors (Lipinski definition) is 5. The number of benzene rings is 2. The van der Waals surface area contributed by atoms with Crippen molar-refractivity contribution in [1.82, 2.24) is 4.57 Å². The molecule has 0 spiro atoms. The molecule has 5 N–H and O–H groups in total. The Morgan fingerprint density at radius 3 is 2.34 bits per heavy atom. The molecule has 1 fully saturated rings. The monoisotopic (exact) mass is 479 g/mol. The molecular weight excluding hydrogens is 454 g/mol. The maximum Gasteiger partial charge on any atom is 0.163 e. The van der Waals surface area contributed by atoms with E-state index in [0.717, 1.165) is 20.7 Å². The maximum absolute atomic E-state index is 10.6. The maximum atomic E-state index is 10.6. The molecule has 0 aliphatic carbocycles. The van der Waals surface area contributed by atoms with Gasteiger partial charge in [0.15, 0.2) is 6.23 Å². The van der Waals surface area contributed by atoms with Crippen LogP contribution in [0.3, 0.4) is 0 Å². The summed E-state index contributed by atoms with van der Waals surface area (Å²) in [4.78, 5) is 1.73. The van der Waals surface area contributed by atoms with Gasteiger partial charge in [-0.15, -0.1) is 0 Å². The highest BCUT2D eigenvalue weighted by molar-refractivity contribution is 7.99. The summed E-state index contributed by atoms with van der Waals surface area (Å²) < 4.78 is 7.42. The lowest BCUT2D eigenvalue weighted by atomic mass is 9.98. The smallest absolute Gasteiger partial charge is 0.163 e. The lowest BCUT2D eigenvalue weighted by Crippen LogP contribution is -2.56. The molecule has 3 aromatic rings. The summed E-state index contributed by atoms with van der Waals surface area (Å²) >= 11 is 7.98. The molecule has 172 valence electrons. The molecular formula is C23H26ClNO6S. The lowest BCUT2D eigenvalue weighted by molar-refractivity contribution is -0.250. The number of nitrogens with zero attached hydrogens (tertiary/aromatic N) is 1. The van der Waals surface area contributed by atoms with Crippen molar-refractivity contribution in [1.29, 1.82) is 0 Å². The fourth-order valence-electron chi connectivity index (χ4n) is 3.89. The van der Waals surface area contributed by atoms with Gasteiger partial charge in [0.1, 0.15) is 24.4 Å². The summed E-state index contributed by atoms with van der Waals surface area (Å²) in [6.07, 6.45) is -4.59. The molecule has 0 unspecified atom stereocenters. The van der Waals surface area contributed by atoms with Crippen molar-refractivity contribution < 1.29 is 30.3 Å². The average molecular weight is 480 g/mol. The van der Waals surface area contributed by atoms with Crippen molar-refractivity contribution in [2.45, 2.75) is 59.9 Å². The van der Waals surface area contributed by atoms with Gasteiger partial charge in [-0.1, -0.05) is 41.6 Å². The third-order valence-electron chi connectivity index (χ3n) is 5.70. The fourth-order valence-corrected chi connectivity index (χ4v) is 5.23. The van der Waals surface area contributed by atoms with Crippen LogP contribution >= 0.6 is 23.4 Å². The molecule has 1 aliphatic heterocycles. The summed E-state index contributed by atoms with van der Waals surface area (Å²) in [6, 6.07) is 12.9. The predicted molar refractivity (Wildman–Crippen MR) is 122 cm³/mol. The predicted octanol–water partition coefficient (Wildman–Crippen LogP) is 2.65. The molecule has 9 heteroatoms. The fraction of sp³-hybridized carbons (Fsp3) is 0.391. The van der Waals surface area contributed by atoms with Crippen LogP contribution in [0.25, 0.3) is 10.9 Å². The van der Waals surface area contributed by atoms with E-state index in [-0.39, 0.29) is 0 Å². The Labute approximate surface area is 194 Å². The molecule has 5 atom stereocenters. The van der Waals surface area contributed by atoms with E-state index in [0.29, 0.717) is 10.5 Å². The zero-order chi connectivity index (χ0) is 23.2. The molecule has 0 bridgehead atoms. The average Bonchev–Trinajstić information content (AvgIpc) is 3.11. The van der Waals surface area contributed by atoms with Crippen LogP contribution in [0, 0.1) is 0 Å². The molecule has 0 radical (unpaired) electrons. The van der Waals surface area contributed by atoms with E-state index in [1.165, 1.54) is 11.8 Å². The highest BCUT2D eigenvalue weighted by Gasteiger charge is 2.44. The van der Waals surface area contributed by atoms with E-state index in [4.69, 9.17) is 16.3 Å². The highest BCUT2D eigenvalue weighted by atomic mass is 35.5. The van der Waals surface area contributed by atoms with Crippen molar-refractivity contribution in [2.75, 3.05) is 6.61 Å². The second-order valence-corrected chi connectivity index (χ2v) is 9.96. The summed E-state index contributed by atoms with van der Waals surface area (Å²) in [5.41, 5.74) is 0.534. The van der Waals surface area contributed by atoms with Gasteiger partial charge in [-0.3, -0.25) is 0 Å². The van der Waals surface area contributed by atoms with E-state index < -0.39 is 42.9 Å². The second kappa shape index (κ2) is 8.96. The Hall–Kier alpha value is -1.62. The molecule has 0 saturated carbocycles. The third-order valence-corrected chi connectivity index (χ3v) is 7.05. The summed E-state index contributed by atoms with van der Waals surface area (Å²) in [5.74, 6) is 0. The van der Waals surface area contributed by atoms with Crippen molar-refractivity contribution in [3.63, 3.8) is 0 Å². The quantitative estimate of drug-likeness (QED) is 0.382. The molecule has 1 aliphatic rings. The molecule has 32 heavy (non-hydrogen) atoms. The SMILES string of the molecule is CC(C)(O)c1ccc(Sc2cn([C@@H]3O[C@H](CO)[C@@H](O)[C@H](O)[C@H]3O)c3cccc(Cl)c23)cc1. The number of hydrogen-bond acceptors (Lipinski definition) is 7. The van der Waals surface area contributed by atoms with Gasteiger partial charge in [-0.2, -0.15) is 0 Å². The normalized spacial score (nSPS) is 26.6. The first kappa shape index (κ1) is 23.5. The molecule has 1 aromatic heterocycles. The van der Waals surface area contributed by atoms with Gasteiger partial charge >= 0.3 is 0 Å². The van der Waals surface area contributed by atoms with Crippen LogP contribution in [0.5, 0.6) is 0 Å². The number of aliphatic hydroxyl groups excluding tert-OH is 4. The number of fused-ring (bicyclic) bond motifs is 1. The first-order chi connectivity index (χ1) is 15.1. The Morgan fingerprint density at radius 1 is 1.03 bits per heavy atom. The topological polar surface area (TPSA) is 115 Å². The highest BCUT2D eigenvalue weighted by Crippen LogP contribution is 2.42. The van der Waals surface area contributed by atoms with Crippen molar-refractivity contribution in [3.05, 3.63) is 59.2 Å². The lowest BCUT2D eigenvalue weighted by Gasteiger charge is -2.40. The van der Waals surface area contributed by atoms with Crippen LogP contribution in [-0.4, -0.2) is 61.1 Å². The Morgan fingerprint density at radius 2 is 1.72 bits per heavy atom. The Balaban J connectivity index is 1.74. The van der Waals surface area contributed by atoms with Crippen LogP contribution in [0.1, 0.15) is 25.6 Å². The number of rotatable bonds is 5. The van der Waals surface area contributed by atoms with Crippen molar-refractivity contribution >= 4 is 34.3 Å². The van der Waals surface area contributed by atoms with E-state index in [2.05, 4.69) is 0 Å². The molecule has 1 saturated heterocycles. The van der Waals surface area contributed by atoms with Gasteiger partial charge in [0, 0.05) is 21.4 Å².